The highest BCUT2D eigenvalue weighted by Gasteiger charge is 2.25. The van der Waals surface area contributed by atoms with Gasteiger partial charge in [0.25, 0.3) is 0 Å². The molecule has 0 bridgehead atoms. The summed E-state index contributed by atoms with van der Waals surface area (Å²) in [4.78, 5) is 15.6. The molecule has 1 aliphatic heterocycles. The van der Waals surface area contributed by atoms with Crippen LogP contribution in [0.25, 0.3) is 11.4 Å². The number of aryl methyl sites for hydroxylation is 1. The van der Waals surface area contributed by atoms with Gasteiger partial charge in [-0.2, -0.15) is 0 Å². The molecule has 0 saturated carbocycles. The molecule has 1 saturated heterocycles. The largest absolute Gasteiger partial charge is 0.324 e. The quantitative estimate of drug-likeness (QED) is 0.733. The Bertz CT molecular complexity index is 813. The fourth-order valence-corrected chi connectivity index (χ4v) is 3.75. The Hall–Kier alpha value is -2.53. The molecule has 1 fully saturated rings. The fourth-order valence-electron chi connectivity index (χ4n) is 3.75. The van der Waals surface area contributed by atoms with Crippen LogP contribution in [0.15, 0.2) is 55.2 Å². The standard InChI is InChI=1S/C20H23N5/c1-16-12-23-20(18-4-2-8-22-13-18)25(16)19-5-3-11-24(15-19)14-17-6-9-21-10-7-17/h2,4,6-10,12-13,19H,3,5,11,14-15H2,1H3. The van der Waals surface area contributed by atoms with Crippen molar-refractivity contribution in [3.63, 3.8) is 0 Å². The van der Waals surface area contributed by atoms with Crippen LogP contribution in [0.1, 0.15) is 30.1 Å². The molecular weight excluding hydrogens is 310 g/mol. The third kappa shape index (κ3) is 3.46. The molecule has 0 N–H and O–H groups in total. The average Bonchev–Trinajstić information content (AvgIpc) is 3.05. The molecule has 5 nitrogen and oxygen atoms in total. The minimum absolute atomic E-state index is 0.452. The van der Waals surface area contributed by atoms with Crippen molar-refractivity contribution in [2.24, 2.45) is 0 Å². The van der Waals surface area contributed by atoms with Gasteiger partial charge in [0.1, 0.15) is 5.82 Å². The van der Waals surface area contributed by atoms with Crippen LogP contribution in [-0.2, 0) is 6.54 Å². The minimum Gasteiger partial charge on any atom is -0.324 e. The Balaban J connectivity index is 1.57. The molecule has 3 aromatic rings. The van der Waals surface area contributed by atoms with Crippen LogP contribution in [0, 0.1) is 6.92 Å². The van der Waals surface area contributed by atoms with Gasteiger partial charge in [-0.05, 0) is 56.1 Å². The number of piperidine rings is 1. The van der Waals surface area contributed by atoms with E-state index in [4.69, 9.17) is 0 Å². The summed E-state index contributed by atoms with van der Waals surface area (Å²) in [6, 6.07) is 8.72. The van der Waals surface area contributed by atoms with Gasteiger partial charge in [0.2, 0.25) is 0 Å². The maximum atomic E-state index is 4.67. The number of pyridine rings is 2. The number of likely N-dealkylation sites (tertiary alicyclic amines) is 1. The van der Waals surface area contributed by atoms with Crippen LogP contribution in [0.2, 0.25) is 0 Å². The van der Waals surface area contributed by atoms with Crippen molar-refractivity contribution in [1.29, 1.82) is 0 Å². The summed E-state index contributed by atoms with van der Waals surface area (Å²) in [5, 5.41) is 0. The maximum Gasteiger partial charge on any atom is 0.141 e. The highest BCUT2D eigenvalue weighted by Crippen LogP contribution is 2.29. The summed E-state index contributed by atoms with van der Waals surface area (Å²) in [5.74, 6) is 1.03. The van der Waals surface area contributed by atoms with E-state index in [9.17, 15) is 0 Å². The Morgan fingerprint density at radius 1 is 1.08 bits per heavy atom. The van der Waals surface area contributed by atoms with Crippen LogP contribution in [-0.4, -0.2) is 37.5 Å². The third-order valence-electron chi connectivity index (χ3n) is 4.90. The molecular formula is C20H23N5. The normalized spacial score (nSPS) is 18.4. The zero-order chi connectivity index (χ0) is 17.1. The fraction of sp³-hybridized carbons (Fsp3) is 0.350. The molecule has 4 rings (SSSR count). The van der Waals surface area contributed by atoms with Crippen molar-refractivity contribution in [1.82, 2.24) is 24.4 Å². The van der Waals surface area contributed by atoms with Gasteiger partial charge in [-0.15, -0.1) is 0 Å². The second-order valence-corrected chi connectivity index (χ2v) is 6.72. The number of rotatable bonds is 4. The Labute approximate surface area is 148 Å². The maximum absolute atomic E-state index is 4.67. The highest BCUT2D eigenvalue weighted by atomic mass is 15.2. The van der Waals surface area contributed by atoms with E-state index in [0.29, 0.717) is 6.04 Å². The predicted octanol–water partition coefficient (Wildman–Crippen LogP) is 3.49. The first-order valence-electron chi connectivity index (χ1n) is 8.87. The minimum atomic E-state index is 0.452. The summed E-state index contributed by atoms with van der Waals surface area (Å²) < 4.78 is 2.40. The predicted molar refractivity (Wildman–Crippen MR) is 98.0 cm³/mol. The van der Waals surface area contributed by atoms with Crippen molar-refractivity contribution in [2.75, 3.05) is 13.1 Å². The van der Waals surface area contributed by atoms with E-state index < -0.39 is 0 Å². The molecule has 4 heterocycles. The first kappa shape index (κ1) is 16.0. The summed E-state index contributed by atoms with van der Waals surface area (Å²) >= 11 is 0. The average molecular weight is 333 g/mol. The van der Waals surface area contributed by atoms with Gasteiger partial charge in [0, 0.05) is 61.4 Å². The van der Waals surface area contributed by atoms with Crippen LogP contribution in [0.4, 0.5) is 0 Å². The zero-order valence-corrected chi connectivity index (χ0v) is 14.5. The van der Waals surface area contributed by atoms with E-state index in [2.05, 4.69) is 49.5 Å². The van der Waals surface area contributed by atoms with E-state index in [1.54, 1.807) is 6.20 Å². The van der Waals surface area contributed by atoms with Crippen LogP contribution >= 0.6 is 0 Å². The number of hydrogen-bond donors (Lipinski definition) is 0. The molecule has 0 radical (unpaired) electrons. The molecule has 0 aromatic carbocycles. The van der Waals surface area contributed by atoms with Gasteiger partial charge in [-0.1, -0.05) is 0 Å². The molecule has 3 aromatic heterocycles. The first-order valence-corrected chi connectivity index (χ1v) is 8.87. The van der Waals surface area contributed by atoms with E-state index in [1.165, 1.54) is 24.1 Å². The van der Waals surface area contributed by atoms with Crippen molar-refractivity contribution in [2.45, 2.75) is 32.4 Å². The summed E-state index contributed by atoms with van der Waals surface area (Å²) in [6.07, 6.45) is 11.8. The van der Waals surface area contributed by atoms with Crippen molar-refractivity contribution in [3.8, 4) is 11.4 Å². The SMILES string of the molecule is Cc1cnc(-c2cccnc2)n1C1CCCN(Cc2ccncc2)C1. The second-order valence-electron chi connectivity index (χ2n) is 6.72. The third-order valence-corrected chi connectivity index (χ3v) is 4.90. The van der Waals surface area contributed by atoms with Gasteiger partial charge in [-0.3, -0.25) is 14.9 Å². The van der Waals surface area contributed by atoms with Crippen molar-refractivity contribution in [3.05, 3.63) is 66.5 Å². The van der Waals surface area contributed by atoms with Gasteiger partial charge in [0.05, 0.1) is 0 Å². The molecule has 5 heteroatoms. The van der Waals surface area contributed by atoms with Gasteiger partial charge in [0.15, 0.2) is 0 Å². The summed E-state index contributed by atoms with van der Waals surface area (Å²) in [6.45, 7) is 5.32. The van der Waals surface area contributed by atoms with Crippen molar-refractivity contribution < 1.29 is 0 Å². The lowest BCUT2D eigenvalue weighted by Gasteiger charge is -2.34. The molecule has 128 valence electrons. The smallest absolute Gasteiger partial charge is 0.141 e. The zero-order valence-electron chi connectivity index (χ0n) is 14.5. The van der Waals surface area contributed by atoms with Crippen LogP contribution in [0.3, 0.4) is 0 Å². The lowest BCUT2D eigenvalue weighted by Crippen LogP contribution is -2.36. The molecule has 0 spiro atoms. The molecule has 0 aliphatic carbocycles. The summed E-state index contributed by atoms with van der Waals surface area (Å²) in [7, 11) is 0. The van der Waals surface area contributed by atoms with E-state index in [-0.39, 0.29) is 0 Å². The molecule has 0 amide bonds. The topological polar surface area (TPSA) is 46.8 Å². The molecule has 1 aliphatic rings. The van der Waals surface area contributed by atoms with Crippen LogP contribution < -0.4 is 0 Å². The lowest BCUT2D eigenvalue weighted by atomic mass is 10.0. The van der Waals surface area contributed by atoms with E-state index >= 15 is 0 Å². The summed E-state index contributed by atoms with van der Waals surface area (Å²) in [5.41, 5.74) is 3.63. The number of nitrogens with zero attached hydrogens (tertiary/aromatic N) is 5. The van der Waals surface area contributed by atoms with Gasteiger partial charge < -0.3 is 4.57 Å². The number of hydrogen-bond acceptors (Lipinski definition) is 4. The Kier molecular flexibility index (Phi) is 4.57. The number of imidazole rings is 1. The monoisotopic (exact) mass is 333 g/mol. The van der Waals surface area contributed by atoms with Crippen LogP contribution in [0.5, 0.6) is 0 Å². The molecule has 1 atom stereocenters. The Morgan fingerprint density at radius 2 is 1.96 bits per heavy atom. The molecule has 25 heavy (non-hydrogen) atoms. The highest BCUT2D eigenvalue weighted by molar-refractivity contribution is 5.54. The first-order chi connectivity index (χ1) is 12.3. The van der Waals surface area contributed by atoms with Crippen molar-refractivity contribution >= 4 is 0 Å². The number of aromatic nitrogens is 4. The second kappa shape index (κ2) is 7.15. The van der Waals surface area contributed by atoms with E-state index in [0.717, 1.165) is 31.0 Å². The Morgan fingerprint density at radius 3 is 2.76 bits per heavy atom. The van der Waals surface area contributed by atoms with Gasteiger partial charge in [-0.25, -0.2) is 4.98 Å². The van der Waals surface area contributed by atoms with Gasteiger partial charge >= 0.3 is 0 Å². The lowest BCUT2D eigenvalue weighted by molar-refractivity contribution is 0.170. The van der Waals surface area contributed by atoms with E-state index in [1.807, 2.05) is 30.9 Å². The molecule has 1 unspecified atom stereocenters.